The summed E-state index contributed by atoms with van der Waals surface area (Å²) in [5.41, 5.74) is -0.0548. The molecule has 0 amide bonds. The van der Waals surface area contributed by atoms with E-state index in [1.807, 2.05) is 32.0 Å². The maximum Gasteiger partial charge on any atom is 0.269 e. The number of nitrogens with zero attached hydrogens (tertiary/aromatic N) is 2. The molecule has 0 spiro atoms. The number of fused-ring (bicyclic) bond motifs is 1. The van der Waals surface area contributed by atoms with Gasteiger partial charge in [-0.25, -0.2) is 3.96 Å². The molecule has 1 aromatic heterocycles. The maximum atomic E-state index is 12.1. The van der Waals surface area contributed by atoms with E-state index in [9.17, 15) is 4.79 Å². The molecule has 0 aliphatic rings. The molecule has 4 heteroatoms. The van der Waals surface area contributed by atoms with Gasteiger partial charge in [-0.15, -0.1) is 0 Å². The van der Waals surface area contributed by atoms with Gasteiger partial charge in [0.05, 0.1) is 16.2 Å². The van der Waals surface area contributed by atoms with Gasteiger partial charge >= 0.3 is 0 Å². The fourth-order valence-corrected chi connectivity index (χ4v) is 2.83. The van der Waals surface area contributed by atoms with Crippen LogP contribution in [-0.4, -0.2) is 3.96 Å². The smallest absolute Gasteiger partial charge is 0.268 e. The lowest BCUT2D eigenvalue weighted by Gasteiger charge is -2.11. The van der Waals surface area contributed by atoms with Crippen LogP contribution in [0.4, 0.5) is 0 Å². The van der Waals surface area contributed by atoms with Crippen LogP contribution in [0.1, 0.15) is 19.9 Å². The number of nitriles is 1. The predicted octanol–water partition coefficient (Wildman–Crippen LogP) is 2.78. The highest BCUT2D eigenvalue weighted by atomic mass is 32.1. The summed E-state index contributed by atoms with van der Waals surface area (Å²) in [6.07, 6.45) is 0. The van der Waals surface area contributed by atoms with Gasteiger partial charge in [0.2, 0.25) is 0 Å². The van der Waals surface area contributed by atoms with Crippen LogP contribution in [0.25, 0.3) is 10.1 Å². The van der Waals surface area contributed by atoms with Crippen molar-refractivity contribution in [1.82, 2.24) is 3.96 Å². The molecule has 0 aliphatic heterocycles. The average molecular weight is 232 g/mol. The molecule has 0 saturated carbocycles. The molecule has 1 unspecified atom stereocenters. The second kappa shape index (κ2) is 4.11. The third-order valence-electron chi connectivity index (χ3n) is 2.53. The number of benzene rings is 1. The summed E-state index contributed by atoms with van der Waals surface area (Å²) in [5, 5.41) is 9.80. The Morgan fingerprint density at radius 1 is 1.38 bits per heavy atom. The van der Waals surface area contributed by atoms with Gasteiger partial charge in [0.1, 0.15) is 6.04 Å². The van der Waals surface area contributed by atoms with Gasteiger partial charge in [0, 0.05) is 0 Å². The van der Waals surface area contributed by atoms with Gasteiger partial charge in [-0.1, -0.05) is 37.5 Å². The topological polar surface area (TPSA) is 45.8 Å². The van der Waals surface area contributed by atoms with E-state index in [2.05, 4.69) is 6.07 Å². The summed E-state index contributed by atoms with van der Waals surface area (Å²) in [6.45, 7) is 3.90. The number of aromatic nitrogens is 1. The fraction of sp³-hybridized carbons (Fsp3) is 0.333. The zero-order valence-corrected chi connectivity index (χ0v) is 9.99. The van der Waals surface area contributed by atoms with E-state index in [4.69, 9.17) is 5.26 Å². The van der Waals surface area contributed by atoms with Gasteiger partial charge in [0.15, 0.2) is 0 Å². The third kappa shape index (κ3) is 1.63. The lowest BCUT2D eigenvalue weighted by atomic mass is 10.1. The van der Waals surface area contributed by atoms with Gasteiger partial charge in [-0.3, -0.25) is 4.79 Å². The Hall–Kier alpha value is -1.60. The van der Waals surface area contributed by atoms with E-state index in [1.54, 1.807) is 10.0 Å². The van der Waals surface area contributed by atoms with Gasteiger partial charge in [-0.05, 0) is 18.1 Å². The quantitative estimate of drug-likeness (QED) is 0.799. The first kappa shape index (κ1) is 10.9. The van der Waals surface area contributed by atoms with Crippen molar-refractivity contribution in [3.8, 4) is 6.07 Å². The van der Waals surface area contributed by atoms with Crippen LogP contribution < -0.4 is 5.56 Å². The zero-order valence-electron chi connectivity index (χ0n) is 9.18. The largest absolute Gasteiger partial charge is 0.269 e. The highest BCUT2D eigenvalue weighted by Crippen LogP contribution is 2.23. The standard InChI is InChI=1S/C12H12N2OS/c1-8(2)10(7-13)14-12(15)9-5-3-4-6-11(9)16-14/h3-6,8,10H,1-2H3. The first-order valence-electron chi connectivity index (χ1n) is 5.15. The minimum Gasteiger partial charge on any atom is -0.268 e. The Morgan fingerprint density at radius 3 is 2.62 bits per heavy atom. The summed E-state index contributed by atoms with van der Waals surface area (Å²) in [4.78, 5) is 12.1. The van der Waals surface area contributed by atoms with Crippen LogP contribution in [0.5, 0.6) is 0 Å². The molecule has 82 valence electrons. The fourth-order valence-electron chi connectivity index (χ4n) is 1.64. The molecule has 0 aliphatic carbocycles. The summed E-state index contributed by atoms with van der Waals surface area (Å²) in [5.74, 6) is 0.135. The molecule has 0 radical (unpaired) electrons. The molecule has 2 aromatic rings. The van der Waals surface area contributed by atoms with Crippen molar-refractivity contribution in [1.29, 1.82) is 5.26 Å². The second-order valence-electron chi connectivity index (χ2n) is 4.04. The molecule has 2 rings (SSSR count). The molecule has 0 N–H and O–H groups in total. The van der Waals surface area contributed by atoms with Gasteiger partial charge in [-0.2, -0.15) is 5.26 Å². The molecule has 0 saturated heterocycles. The van der Waals surface area contributed by atoms with Crippen LogP contribution in [0.15, 0.2) is 29.1 Å². The maximum absolute atomic E-state index is 12.1. The Morgan fingerprint density at radius 2 is 2.06 bits per heavy atom. The van der Waals surface area contributed by atoms with Crippen molar-refractivity contribution in [3.05, 3.63) is 34.6 Å². The highest BCUT2D eigenvalue weighted by molar-refractivity contribution is 7.13. The first-order chi connectivity index (χ1) is 7.65. The van der Waals surface area contributed by atoms with Crippen molar-refractivity contribution in [3.63, 3.8) is 0 Å². The number of hydrogen-bond acceptors (Lipinski definition) is 3. The van der Waals surface area contributed by atoms with E-state index < -0.39 is 0 Å². The van der Waals surface area contributed by atoms with Crippen molar-refractivity contribution in [2.45, 2.75) is 19.9 Å². The molecular formula is C12H12N2OS. The minimum atomic E-state index is -0.370. The molecule has 1 aromatic carbocycles. The highest BCUT2D eigenvalue weighted by Gasteiger charge is 2.19. The second-order valence-corrected chi connectivity index (χ2v) is 5.05. The Labute approximate surface area is 97.7 Å². The van der Waals surface area contributed by atoms with E-state index >= 15 is 0 Å². The van der Waals surface area contributed by atoms with Crippen molar-refractivity contribution >= 4 is 21.6 Å². The van der Waals surface area contributed by atoms with Gasteiger partial charge < -0.3 is 0 Å². The SMILES string of the molecule is CC(C)C(C#N)n1sc2ccccc2c1=O. The predicted molar refractivity (Wildman–Crippen MR) is 65.6 cm³/mol. The van der Waals surface area contributed by atoms with Crippen LogP contribution in [0.2, 0.25) is 0 Å². The summed E-state index contributed by atoms with van der Waals surface area (Å²) in [6, 6.07) is 9.28. The van der Waals surface area contributed by atoms with Crippen LogP contribution in [0.3, 0.4) is 0 Å². The lowest BCUT2D eigenvalue weighted by Crippen LogP contribution is -2.21. The molecule has 1 heterocycles. The minimum absolute atomic E-state index is 0.0548. The van der Waals surface area contributed by atoms with Crippen molar-refractivity contribution in [2.24, 2.45) is 5.92 Å². The van der Waals surface area contributed by atoms with Crippen molar-refractivity contribution < 1.29 is 0 Å². The molecule has 1 atom stereocenters. The normalized spacial score (nSPS) is 12.9. The third-order valence-corrected chi connectivity index (χ3v) is 3.67. The number of hydrogen-bond donors (Lipinski definition) is 0. The van der Waals surface area contributed by atoms with Crippen LogP contribution in [-0.2, 0) is 0 Å². The first-order valence-corrected chi connectivity index (χ1v) is 5.92. The van der Waals surface area contributed by atoms with E-state index in [-0.39, 0.29) is 17.5 Å². The van der Waals surface area contributed by atoms with E-state index in [0.717, 1.165) is 4.70 Å². The molecule has 0 fully saturated rings. The Bertz CT molecular complexity index is 603. The van der Waals surface area contributed by atoms with E-state index in [1.165, 1.54) is 11.5 Å². The molecular weight excluding hydrogens is 220 g/mol. The summed E-state index contributed by atoms with van der Waals surface area (Å²) in [7, 11) is 0. The van der Waals surface area contributed by atoms with E-state index in [0.29, 0.717) is 5.39 Å². The average Bonchev–Trinajstić information content (AvgIpc) is 2.58. The Balaban J connectivity index is 2.67. The molecule has 0 bridgehead atoms. The van der Waals surface area contributed by atoms with Crippen molar-refractivity contribution in [2.75, 3.05) is 0 Å². The molecule has 16 heavy (non-hydrogen) atoms. The van der Waals surface area contributed by atoms with Crippen LogP contribution >= 0.6 is 11.5 Å². The monoisotopic (exact) mass is 232 g/mol. The number of rotatable bonds is 2. The summed E-state index contributed by atoms with van der Waals surface area (Å²) >= 11 is 1.37. The van der Waals surface area contributed by atoms with Crippen LogP contribution in [0, 0.1) is 17.2 Å². The van der Waals surface area contributed by atoms with Gasteiger partial charge in [0.25, 0.3) is 5.56 Å². The Kier molecular flexibility index (Phi) is 2.80. The molecule has 3 nitrogen and oxygen atoms in total. The zero-order chi connectivity index (χ0) is 11.7. The summed E-state index contributed by atoms with van der Waals surface area (Å²) < 4.78 is 2.52. The lowest BCUT2D eigenvalue weighted by molar-refractivity contribution is 0.478.